The molecule has 2 aromatic rings. The zero-order chi connectivity index (χ0) is 11.7. The van der Waals surface area contributed by atoms with Crippen LogP contribution in [0, 0.1) is 12.1 Å². The second kappa shape index (κ2) is 4.13. The number of nitrogens with zero attached hydrogens (tertiary/aromatic N) is 3. The van der Waals surface area contributed by atoms with Crippen LogP contribution in [-0.2, 0) is 0 Å². The van der Waals surface area contributed by atoms with E-state index in [1.807, 2.05) is 18.2 Å². The fraction of sp³-hybridized carbons (Fsp3) is 0.100. The highest BCUT2D eigenvalue weighted by Crippen LogP contribution is 2.30. The molecule has 1 heterocycles. The highest BCUT2D eigenvalue weighted by molar-refractivity contribution is 6.32. The number of aromatic nitrogens is 2. The first kappa shape index (κ1) is 10.9. The Hall–Kier alpha value is -1.56. The van der Waals surface area contributed by atoms with Crippen LogP contribution in [0.2, 0.25) is 5.15 Å². The number of rotatable bonds is 2. The van der Waals surface area contributed by atoms with Gasteiger partial charge >= 0.3 is 0 Å². The van der Waals surface area contributed by atoms with Gasteiger partial charge in [-0.1, -0.05) is 29.8 Å². The molecule has 0 amide bonds. The van der Waals surface area contributed by atoms with Gasteiger partial charge in [0.15, 0.2) is 5.15 Å². The first-order valence-electron chi connectivity index (χ1n) is 4.58. The lowest BCUT2D eigenvalue weighted by Gasteiger charge is -2.20. The molecule has 1 N–H and O–H groups in total. The summed E-state index contributed by atoms with van der Waals surface area (Å²) in [6, 6.07) is 9.12. The molecular formula is C10H9ClN3O2-. The summed E-state index contributed by atoms with van der Waals surface area (Å²) in [6.45, 7) is 1.60. The van der Waals surface area contributed by atoms with E-state index >= 15 is 0 Å². The van der Waals surface area contributed by atoms with Crippen molar-refractivity contribution in [1.82, 2.24) is 9.78 Å². The van der Waals surface area contributed by atoms with Crippen LogP contribution in [0.5, 0.6) is 0 Å². The summed E-state index contributed by atoms with van der Waals surface area (Å²) in [6.07, 6.45) is 0. The summed E-state index contributed by atoms with van der Waals surface area (Å²) < 4.78 is 1.40. The van der Waals surface area contributed by atoms with Crippen LogP contribution in [0.3, 0.4) is 0 Å². The van der Waals surface area contributed by atoms with E-state index in [1.165, 1.54) is 4.68 Å². The third-order valence-electron chi connectivity index (χ3n) is 2.17. The quantitative estimate of drug-likeness (QED) is 0.817. The van der Waals surface area contributed by atoms with Gasteiger partial charge in [-0.2, -0.15) is 5.10 Å². The van der Waals surface area contributed by atoms with Crippen molar-refractivity contribution in [2.75, 3.05) is 5.23 Å². The number of anilines is 1. The molecular weight excluding hydrogens is 230 g/mol. The van der Waals surface area contributed by atoms with Crippen LogP contribution >= 0.6 is 11.6 Å². The minimum Gasteiger partial charge on any atom is -0.733 e. The van der Waals surface area contributed by atoms with Crippen molar-refractivity contribution in [2.45, 2.75) is 6.92 Å². The van der Waals surface area contributed by atoms with Gasteiger partial charge in [0.1, 0.15) is 5.69 Å². The molecule has 16 heavy (non-hydrogen) atoms. The van der Waals surface area contributed by atoms with E-state index in [0.717, 1.165) is 5.69 Å². The monoisotopic (exact) mass is 238 g/mol. The van der Waals surface area contributed by atoms with Crippen molar-refractivity contribution >= 4 is 17.3 Å². The normalized spacial score (nSPS) is 10.5. The van der Waals surface area contributed by atoms with Crippen LogP contribution in [0.25, 0.3) is 5.69 Å². The molecule has 2 rings (SSSR count). The topological polar surface area (TPSA) is 64.4 Å². The van der Waals surface area contributed by atoms with Crippen LogP contribution < -0.4 is 5.23 Å². The van der Waals surface area contributed by atoms with Crippen molar-refractivity contribution in [3.63, 3.8) is 0 Å². The van der Waals surface area contributed by atoms with Gasteiger partial charge in [-0.3, -0.25) is 5.21 Å². The van der Waals surface area contributed by atoms with Crippen molar-refractivity contribution in [3.8, 4) is 5.69 Å². The number of benzene rings is 1. The third kappa shape index (κ3) is 1.76. The lowest BCUT2D eigenvalue weighted by Crippen LogP contribution is -2.08. The zero-order valence-electron chi connectivity index (χ0n) is 8.46. The number of hydrogen-bond acceptors (Lipinski definition) is 4. The van der Waals surface area contributed by atoms with Crippen LogP contribution in [0.1, 0.15) is 5.69 Å². The van der Waals surface area contributed by atoms with Gasteiger partial charge in [0.2, 0.25) is 0 Å². The highest BCUT2D eigenvalue weighted by Gasteiger charge is 2.14. The summed E-state index contributed by atoms with van der Waals surface area (Å²) in [7, 11) is 0. The Morgan fingerprint density at radius 2 is 2.00 bits per heavy atom. The molecule has 0 fully saturated rings. The molecule has 0 unspecified atom stereocenters. The molecule has 84 valence electrons. The summed E-state index contributed by atoms with van der Waals surface area (Å²) in [4.78, 5) is 0. The molecule has 1 aromatic heterocycles. The van der Waals surface area contributed by atoms with Crippen LogP contribution in [-0.4, -0.2) is 15.0 Å². The van der Waals surface area contributed by atoms with E-state index in [1.54, 1.807) is 19.1 Å². The first-order chi connectivity index (χ1) is 7.61. The van der Waals surface area contributed by atoms with E-state index in [9.17, 15) is 5.21 Å². The molecule has 0 bridgehead atoms. The van der Waals surface area contributed by atoms with Gasteiger partial charge in [-0.15, -0.1) is 0 Å². The van der Waals surface area contributed by atoms with E-state index in [0.29, 0.717) is 5.69 Å². The predicted octanol–water partition coefficient (Wildman–Crippen LogP) is 2.53. The molecule has 0 spiro atoms. The fourth-order valence-corrected chi connectivity index (χ4v) is 1.79. The Morgan fingerprint density at radius 3 is 2.50 bits per heavy atom. The molecule has 0 aliphatic heterocycles. The number of hydrogen-bond donors (Lipinski definition) is 1. The average Bonchev–Trinajstić information content (AvgIpc) is 2.55. The van der Waals surface area contributed by atoms with Crippen LogP contribution in [0.4, 0.5) is 5.69 Å². The van der Waals surface area contributed by atoms with Crippen molar-refractivity contribution in [3.05, 3.63) is 46.4 Å². The molecule has 1 aromatic carbocycles. The van der Waals surface area contributed by atoms with Gasteiger partial charge in [0.25, 0.3) is 0 Å². The second-order valence-electron chi connectivity index (χ2n) is 3.25. The maximum absolute atomic E-state index is 10.9. The van der Waals surface area contributed by atoms with E-state index in [2.05, 4.69) is 5.10 Å². The van der Waals surface area contributed by atoms with Crippen molar-refractivity contribution in [2.24, 2.45) is 0 Å². The molecule has 0 aliphatic rings. The molecule has 0 saturated heterocycles. The largest absolute Gasteiger partial charge is 0.733 e. The standard InChI is InChI=1S/C10H9ClN3O2/c1-7-9(14(15)16)10(11)13(12-7)8-5-3-2-4-6-8/h2-6,15H,1H3/q-1. The maximum Gasteiger partial charge on any atom is 0.157 e. The zero-order valence-corrected chi connectivity index (χ0v) is 9.22. The summed E-state index contributed by atoms with van der Waals surface area (Å²) in [5, 5.41) is 23.6. The summed E-state index contributed by atoms with van der Waals surface area (Å²) in [5.74, 6) is 0. The lowest BCUT2D eigenvalue weighted by atomic mass is 10.3. The number of aryl methyl sites for hydroxylation is 1. The maximum atomic E-state index is 10.9. The Labute approximate surface area is 97.0 Å². The van der Waals surface area contributed by atoms with Crippen molar-refractivity contribution < 1.29 is 5.21 Å². The third-order valence-corrected chi connectivity index (χ3v) is 2.51. The van der Waals surface area contributed by atoms with E-state index in [4.69, 9.17) is 16.8 Å². The fourth-order valence-electron chi connectivity index (χ4n) is 1.45. The SMILES string of the molecule is Cc1nn(-c2ccccc2)c(Cl)c1N([O-])O. The molecule has 0 atom stereocenters. The molecule has 0 radical (unpaired) electrons. The minimum absolute atomic E-state index is 0.0366. The molecule has 5 nitrogen and oxygen atoms in total. The van der Waals surface area contributed by atoms with Crippen molar-refractivity contribution in [1.29, 1.82) is 0 Å². The van der Waals surface area contributed by atoms with Gasteiger partial charge in [-0.25, -0.2) is 4.68 Å². The molecule has 0 saturated carbocycles. The minimum atomic E-state index is -0.274. The van der Waals surface area contributed by atoms with Gasteiger partial charge < -0.3 is 10.4 Å². The van der Waals surface area contributed by atoms with Gasteiger partial charge in [0, 0.05) is 0 Å². The Kier molecular flexibility index (Phi) is 2.82. The Bertz CT molecular complexity index is 496. The Morgan fingerprint density at radius 1 is 1.38 bits per heavy atom. The Balaban J connectivity index is 2.56. The van der Waals surface area contributed by atoms with Crippen LogP contribution in [0.15, 0.2) is 30.3 Å². The predicted molar refractivity (Wildman–Crippen MR) is 60.9 cm³/mol. The summed E-state index contributed by atoms with van der Waals surface area (Å²) in [5.41, 5.74) is 1.06. The lowest BCUT2D eigenvalue weighted by molar-refractivity contribution is 0.296. The average molecular weight is 239 g/mol. The first-order valence-corrected chi connectivity index (χ1v) is 4.95. The number of halogens is 1. The van der Waals surface area contributed by atoms with E-state index < -0.39 is 0 Å². The van der Waals surface area contributed by atoms with Gasteiger partial charge in [0.05, 0.1) is 11.4 Å². The number of para-hydroxylation sites is 1. The molecule has 6 heteroatoms. The summed E-state index contributed by atoms with van der Waals surface area (Å²) >= 11 is 5.96. The second-order valence-corrected chi connectivity index (χ2v) is 3.60. The highest BCUT2D eigenvalue weighted by atomic mass is 35.5. The van der Waals surface area contributed by atoms with Gasteiger partial charge in [-0.05, 0) is 19.1 Å². The molecule has 0 aliphatic carbocycles. The van der Waals surface area contributed by atoms with E-state index in [-0.39, 0.29) is 16.1 Å². The smallest absolute Gasteiger partial charge is 0.157 e.